The summed E-state index contributed by atoms with van der Waals surface area (Å²) in [5, 5.41) is 1.97. The standard InChI is InChI=1S/C55H55N3O4/c1-52(2)20-24-57-26-22-54(5,6)44-46(57)40(52)30-36-28-38(50(59)61-48(36)44)32-12-16-34(17-13-32)42-10-9-11-43(56-42)35-18-14-33(15-19-35)39-29-37-31-41-47-45(49(37)62-51(39)60)55(7,8)23-27-58(47)25-21-53(41,3)4/h9-19,28-31H,20-27H2,1-8H3. The zero-order valence-electron chi connectivity index (χ0n) is 37.3. The van der Waals surface area contributed by atoms with Crippen LogP contribution in [0.1, 0.15) is 103 Å². The van der Waals surface area contributed by atoms with Gasteiger partial charge in [-0.1, -0.05) is 110 Å². The summed E-state index contributed by atoms with van der Waals surface area (Å²) in [6, 6.07) is 30.7. The molecular weight excluding hydrogens is 767 g/mol. The maximum Gasteiger partial charge on any atom is 0.344 e. The molecule has 4 aliphatic heterocycles. The first-order valence-corrected chi connectivity index (χ1v) is 22.5. The SMILES string of the molecule is CC1(C)CCN2CCC(C)(C)c3c2c1cc1cc(-c2ccc(-c4cccc(-c5ccc(-c6cc7cc8c9c(c7oc6=O)C(C)(C)CCN9CCC8(C)C)cc5)n4)cc2)c(=O)oc31. The van der Waals surface area contributed by atoms with Crippen molar-refractivity contribution in [1.82, 2.24) is 4.98 Å². The first kappa shape index (κ1) is 38.9. The predicted molar refractivity (Wildman–Crippen MR) is 253 cm³/mol. The maximum atomic E-state index is 13.8. The second kappa shape index (κ2) is 13.3. The van der Waals surface area contributed by atoms with Gasteiger partial charge in [0, 0.05) is 70.6 Å². The van der Waals surface area contributed by atoms with Crippen LogP contribution in [-0.4, -0.2) is 31.2 Å². The van der Waals surface area contributed by atoms with E-state index in [0.717, 1.165) is 107 Å². The van der Waals surface area contributed by atoms with Crippen LogP contribution >= 0.6 is 0 Å². The van der Waals surface area contributed by atoms with Crippen molar-refractivity contribution < 1.29 is 8.83 Å². The Morgan fingerprint density at radius 2 is 0.823 bits per heavy atom. The van der Waals surface area contributed by atoms with Crippen molar-refractivity contribution in [3.05, 3.63) is 134 Å². The molecule has 7 aromatic rings. The van der Waals surface area contributed by atoms with Crippen LogP contribution in [0.15, 0.2) is 109 Å². The normalized spacial score (nSPS) is 19.0. The van der Waals surface area contributed by atoms with Gasteiger partial charge in [-0.15, -0.1) is 0 Å². The van der Waals surface area contributed by atoms with E-state index in [4.69, 9.17) is 13.8 Å². The molecule has 314 valence electrons. The average Bonchev–Trinajstić information content (AvgIpc) is 3.24. The Bertz CT molecular complexity index is 2920. The van der Waals surface area contributed by atoms with Crippen molar-refractivity contribution in [2.45, 2.75) is 103 Å². The second-order valence-corrected chi connectivity index (χ2v) is 21.1. The summed E-state index contributed by atoms with van der Waals surface area (Å²) in [6.45, 7) is 22.6. The van der Waals surface area contributed by atoms with Crippen molar-refractivity contribution in [2.24, 2.45) is 0 Å². The minimum atomic E-state index is -0.317. The van der Waals surface area contributed by atoms with Crippen LogP contribution in [0.25, 0.3) is 66.7 Å². The topological polar surface area (TPSA) is 79.8 Å². The average molecular weight is 822 g/mol. The van der Waals surface area contributed by atoms with Gasteiger partial charge >= 0.3 is 11.3 Å². The van der Waals surface area contributed by atoms with Gasteiger partial charge in [0.1, 0.15) is 11.2 Å². The van der Waals surface area contributed by atoms with E-state index >= 15 is 0 Å². The number of hydrogen-bond donors (Lipinski definition) is 0. The van der Waals surface area contributed by atoms with Crippen LogP contribution in [0.4, 0.5) is 11.4 Å². The predicted octanol–water partition coefficient (Wildman–Crippen LogP) is 12.3. The van der Waals surface area contributed by atoms with E-state index < -0.39 is 0 Å². The molecule has 62 heavy (non-hydrogen) atoms. The molecule has 3 aromatic heterocycles. The molecule has 4 aliphatic rings. The molecular formula is C55H55N3O4. The lowest BCUT2D eigenvalue weighted by Crippen LogP contribution is -2.44. The number of hydrogen-bond acceptors (Lipinski definition) is 7. The molecule has 0 atom stereocenters. The van der Waals surface area contributed by atoms with E-state index in [0.29, 0.717) is 11.1 Å². The molecule has 0 aliphatic carbocycles. The molecule has 0 radical (unpaired) electrons. The summed E-state index contributed by atoms with van der Waals surface area (Å²) < 4.78 is 12.6. The Hall–Kier alpha value is -5.95. The lowest BCUT2D eigenvalue weighted by molar-refractivity contribution is 0.398. The molecule has 0 N–H and O–H groups in total. The Morgan fingerprint density at radius 1 is 0.468 bits per heavy atom. The molecule has 11 rings (SSSR count). The van der Waals surface area contributed by atoms with Crippen LogP contribution in [-0.2, 0) is 21.7 Å². The summed E-state index contributed by atoms with van der Waals surface area (Å²) in [7, 11) is 0. The molecule has 7 heterocycles. The number of fused-ring (bicyclic) bond motifs is 4. The van der Waals surface area contributed by atoms with Crippen molar-refractivity contribution in [3.63, 3.8) is 0 Å². The van der Waals surface area contributed by atoms with Crippen LogP contribution in [0.2, 0.25) is 0 Å². The van der Waals surface area contributed by atoms with E-state index in [9.17, 15) is 9.59 Å². The van der Waals surface area contributed by atoms with Crippen molar-refractivity contribution in [2.75, 3.05) is 36.0 Å². The van der Waals surface area contributed by atoms with Crippen molar-refractivity contribution in [1.29, 1.82) is 0 Å². The maximum absolute atomic E-state index is 13.8. The van der Waals surface area contributed by atoms with Crippen LogP contribution in [0.3, 0.4) is 0 Å². The molecule has 0 fully saturated rings. The molecule has 0 saturated heterocycles. The highest BCUT2D eigenvalue weighted by Gasteiger charge is 2.43. The fraction of sp³-hybridized carbons (Fsp3) is 0.364. The third kappa shape index (κ3) is 5.94. The Labute approximate surface area is 363 Å². The van der Waals surface area contributed by atoms with Crippen molar-refractivity contribution >= 4 is 33.3 Å². The molecule has 0 spiro atoms. The van der Waals surface area contributed by atoms with E-state index in [2.05, 4.69) is 77.3 Å². The summed E-state index contributed by atoms with van der Waals surface area (Å²) in [5.74, 6) is 0. The van der Waals surface area contributed by atoms with Crippen molar-refractivity contribution in [3.8, 4) is 44.8 Å². The van der Waals surface area contributed by atoms with E-state index in [1.54, 1.807) is 0 Å². The minimum absolute atomic E-state index is 0.0331. The molecule has 0 amide bonds. The highest BCUT2D eigenvalue weighted by atomic mass is 16.4. The zero-order valence-corrected chi connectivity index (χ0v) is 37.3. The minimum Gasteiger partial charge on any atom is -0.422 e. The Balaban J connectivity index is 0.899. The molecule has 0 unspecified atom stereocenters. The van der Waals surface area contributed by atoms with E-state index in [1.807, 2.05) is 78.9 Å². The second-order valence-electron chi connectivity index (χ2n) is 21.1. The molecule has 7 heteroatoms. The van der Waals surface area contributed by atoms with Gasteiger partial charge < -0.3 is 18.6 Å². The monoisotopic (exact) mass is 821 g/mol. The van der Waals surface area contributed by atoms with Gasteiger partial charge in [0.05, 0.1) is 22.5 Å². The first-order valence-electron chi connectivity index (χ1n) is 22.5. The number of pyridine rings is 1. The smallest absolute Gasteiger partial charge is 0.344 e. The Kier molecular flexibility index (Phi) is 8.34. The lowest BCUT2D eigenvalue weighted by Gasteiger charge is -2.48. The van der Waals surface area contributed by atoms with Gasteiger partial charge in [-0.05, 0) is 106 Å². The fourth-order valence-electron chi connectivity index (χ4n) is 11.1. The summed E-state index contributed by atoms with van der Waals surface area (Å²) in [4.78, 5) is 37.6. The number of nitrogens with zero attached hydrogens (tertiary/aromatic N) is 3. The van der Waals surface area contributed by atoms with Gasteiger partial charge in [0.25, 0.3) is 0 Å². The van der Waals surface area contributed by atoms with E-state index in [-0.39, 0.29) is 32.9 Å². The zero-order chi connectivity index (χ0) is 43.1. The van der Waals surface area contributed by atoms with Crippen LogP contribution in [0, 0.1) is 0 Å². The fourth-order valence-corrected chi connectivity index (χ4v) is 11.1. The number of benzene rings is 4. The van der Waals surface area contributed by atoms with E-state index in [1.165, 1.54) is 33.6 Å². The highest BCUT2D eigenvalue weighted by Crippen LogP contribution is 2.53. The third-order valence-electron chi connectivity index (χ3n) is 15.2. The summed E-state index contributed by atoms with van der Waals surface area (Å²) in [6.07, 6.45) is 4.24. The number of anilines is 2. The lowest BCUT2D eigenvalue weighted by atomic mass is 9.69. The number of aromatic nitrogens is 1. The largest absolute Gasteiger partial charge is 0.422 e. The number of rotatable bonds is 4. The van der Waals surface area contributed by atoms with Gasteiger partial charge in [0.2, 0.25) is 0 Å². The van der Waals surface area contributed by atoms with Gasteiger partial charge in [-0.25, -0.2) is 14.6 Å². The first-order chi connectivity index (χ1) is 29.5. The van der Waals surface area contributed by atoms with Crippen LogP contribution in [0.5, 0.6) is 0 Å². The molecule has 0 saturated carbocycles. The highest BCUT2D eigenvalue weighted by molar-refractivity contribution is 5.94. The molecule has 0 bridgehead atoms. The molecule has 7 nitrogen and oxygen atoms in total. The van der Waals surface area contributed by atoms with Gasteiger partial charge in [-0.2, -0.15) is 0 Å². The Morgan fingerprint density at radius 3 is 1.21 bits per heavy atom. The molecule has 4 aromatic carbocycles. The third-order valence-corrected chi connectivity index (χ3v) is 15.2. The van der Waals surface area contributed by atoms with Gasteiger partial charge in [0.15, 0.2) is 0 Å². The summed E-state index contributed by atoms with van der Waals surface area (Å²) in [5.41, 5.74) is 14.6. The summed E-state index contributed by atoms with van der Waals surface area (Å²) >= 11 is 0. The van der Waals surface area contributed by atoms with Gasteiger partial charge in [-0.3, -0.25) is 0 Å². The van der Waals surface area contributed by atoms with Crippen LogP contribution < -0.4 is 21.1 Å². The quantitative estimate of drug-likeness (QED) is 0.164.